The van der Waals surface area contributed by atoms with Crippen molar-refractivity contribution in [3.05, 3.63) is 121 Å². The fraction of sp³-hybridized carbons (Fsp3) is 0.447. The number of unbranched alkanes of at least 4 members (excludes halogenated alkanes) is 2. The summed E-state index contributed by atoms with van der Waals surface area (Å²) in [5, 5.41) is 24.4. The van der Waals surface area contributed by atoms with E-state index in [9.17, 15) is 19.4 Å². The number of rotatable bonds is 21. The van der Waals surface area contributed by atoms with Crippen LogP contribution in [0.4, 0.5) is 9.18 Å². The Labute approximate surface area is 351 Å². The van der Waals surface area contributed by atoms with Crippen molar-refractivity contribution in [2.45, 2.75) is 80.6 Å². The van der Waals surface area contributed by atoms with Crippen LogP contribution in [0, 0.1) is 23.6 Å². The molecule has 2 N–H and O–H groups in total. The van der Waals surface area contributed by atoms with Crippen LogP contribution < -0.4 is 9.47 Å². The van der Waals surface area contributed by atoms with E-state index < -0.39 is 23.8 Å². The number of oxime groups is 1. The van der Waals surface area contributed by atoms with Crippen LogP contribution in [0.25, 0.3) is 0 Å². The molecule has 0 radical (unpaired) electrons. The predicted octanol–water partition coefficient (Wildman–Crippen LogP) is 9.82. The lowest BCUT2D eigenvalue weighted by atomic mass is 9.55. The number of nitrogens with zero attached hydrogens (tertiary/aromatic N) is 2. The Morgan fingerprint density at radius 1 is 1.00 bits per heavy atom. The van der Waals surface area contributed by atoms with Crippen LogP contribution in [-0.4, -0.2) is 78.5 Å². The fourth-order valence-corrected chi connectivity index (χ4v) is 9.41. The minimum absolute atomic E-state index is 0.0343. The van der Waals surface area contributed by atoms with Crippen molar-refractivity contribution >= 4 is 23.6 Å². The maximum Gasteiger partial charge on any atom is 0.410 e. The molecule has 6 atom stereocenters. The average molecular weight is 829 g/mol. The molecule has 0 aromatic heterocycles. The van der Waals surface area contributed by atoms with Crippen LogP contribution in [0.3, 0.4) is 0 Å². The van der Waals surface area contributed by atoms with Crippen LogP contribution in [0.2, 0.25) is 0 Å². The van der Waals surface area contributed by atoms with Crippen LogP contribution in [0.1, 0.15) is 68.4 Å². The monoisotopic (exact) mass is 828 g/mol. The van der Waals surface area contributed by atoms with Gasteiger partial charge in [-0.05, 0) is 116 Å². The molecule has 0 saturated heterocycles. The lowest BCUT2D eigenvalue weighted by molar-refractivity contribution is -0.256. The summed E-state index contributed by atoms with van der Waals surface area (Å²) in [4.78, 5) is 22.8. The van der Waals surface area contributed by atoms with E-state index in [1.165, 1.54) is 19.2 Å². The van der Waals surface area contributed by atoms with Gasteiger partial charge < -0.3 is 34.0 Å². The first-order valence-corrected chi connectivity index (χ1v) is 21.7. The normalized spacial score (nSPS) is 23.6. The van der Waals surface area contributed by atoms with E-state index in [0.717, 1.165) is 41.7 Å². The summed E-state index contributed by atoms with van der Waals surface area (Å²) in [6, 6.07) is 19.1. The molecule has 0 spiro atoms. The van der Waals surface area contributed by atoms with Crippen molar-refractivity contribution in [3.8, 4) is 17.2 Å². The number of aliphatic hydroxyl groups excluding tert-OH is 2. The second kappa shape index (κ2) is 21.1. The number of hydrogen-bond donors (Lipinski definition) is 2. The molecule has 1 amide bonds. The number of ether oxygens (including phenoxy) is 4. The summed E-state index contributed by atoms with van der Waals surface area (Å²) >= 11 is 1.66. The summed E-state index contributed by atoms with van der Waals surface area (Å²) in [6.07, 6.45) is 12.3. The van der Waals surface area contributed by atoms with Gasteiger partial charge in [-0.15, -0.1) is 24.9 Å². The van der Waals surface area contributed by atoms with E-state index in [1.807, 2.05) is 42.7 Å². The molecule has 3 aromatic carbocycles. The van der Waals surface area contributed by atoms with E-state index in [-0.39, 0.29) is 63.0 Å². The second-order valence-electron chi connectivity index (χ2n) is 15.2. The quantitative estimate of drug-likeness (QED) is 0.0468. The standard InChI is InChI=1S/C47H57FN2O8S/c1-5-7-27-55-46(53)50(31-32-14-16-34(48)17-15-32)43-30-41(49-54-3)39-28-33(12-8-10-24-51)38(13-9-11-25-52)44-40-29-36(57-35-18-21-37(59-4)22-19-35)20-23-42(40)58-47(43,45(39)44)56-26-6-2/h5-6,14-23,28-29,33,38,43-45,51-52H,1-2,7-13,24-27,30-31H2,3-4H3. The van der Waals surface area contributed by atoms with E-state index >= 15 is 0 Å². The summed E-state index contributed by atoms with van der Waals surface area (Å²) in [7, 11) is 1.51. The molecule has 2 aliphatic carbocycles. The summed E-state index contributed by atoms with van der Waals surface area (Å²) in [5.41, 5.74) is 3.19. The van der Waals surface area contributed by atoms with Gasteiger partial charge in [0.05, 0.1) is 24.8 Å². The highest BCUT2D eigenvalue weighted by molar-refractivity contribution is 7.98. The number of allylic oxidation sites excluding steroid dienone is 1. The van der Waals surface area contributed by atoms with Crippen molar-refractivity contribution in [2.24, 2.45) is 22.9 Å². The van der Waals surface area contributed by atoms with Crippen molar-refractivity contribution < 1.29 is 43.2 Å². The number of halogens is 1. The maximum atomic E-state index is 14.4. The topological polar surface area (TPSA) is 119 Å². The molecule has 1 aliphatic heterocycles. The van der Waals surface area contributed by atoms with Gasteiger partial charge in [0, 0.05) is 42.6 Å². The van der Waals surface area contributed by atoms with E-state index in [2.05, 4.69) is 30.5 Å². The first-order chi connectivity index (χ1) is 28.8. The number of fused-ring (bicyclic) bond motifs is 2. The van der Waals surface area contributed by atoms with Gasteiger partial charge in [-0.2, -0.15) is 0 Å². The van der Waals surface area contributed by atoms with Gasteiger partial charge in [0.1, 0.15) is 36.2 Å². The maximum absolute atomic E-state index is 14.4. The van der Waals surface area contributed by atoms with Crippen molar-refractivity contribution in [3.63, 3.8) is 0 Å². The Kier molecular flexibility index (Phi) is 15.7. The van der Waals surface area contributed by atoms with Crippen LogP contribution in [-0.2, 0) is 20.9 Å². The molecular formula is C47H57FN2O8S. The molecule has 0 bridgehead atoms. The van der Waals surface area contributed by atoms with Crippen LogP contribution in [0.5, 0.6) is 17.2 Å². The predicted molar refractivity (Wildman–Crippen MR) is 228 cm³/mol. The van der Waals surface area contributed by atoms with E-state index in [0.29, 0.717) is 47.8 Å². The molecule has 3 aliphatic rings. The molecule has 6 unspecified atom stereocenters. The Balaban J connectivity index is 1.57. The molecule has 10 nitrogen and oxygen atoms in total. The van der Waals surface area contributed by atoms with Crippen molar-refractivity contribution in [1.29, 1.82) is 0 Å². The molecule has 1 heterocycles. The third kappa shape index (κ3) is 10.1. The second-order valence-corrected chi connectivity index (χ2v) is 16.1. The summed E-state index contributed by atoms with van der Waals surface area (Å²) in [6.45, 7) is 8.25. The zero-order valence-corrected chi connectivity index (χ0v) is 34.9. The highest BCUT2D eigenvalue weighted by Gasteiger charge is 2.65. The van der Waals surface area contributed by atoms with E-state index in [4.69, 9.17) is 23.8 Å². The van der Waals surface area contributed by atoms with Crippen molar-refractivity contribution in [2.75, 3.05) is 39.8 Å². The first kappa shape index (κ1) is 43.9. The van der Waals surface area contributed by atoms with Gasteiger partial charge in [-0.3, -0.25) is 4.90 Å². The molecule has 1 saturated carbocycles. The average Bonchev–Trinajstić information content (AvgIpc) is 3.25. The Morgan fingerprint density at radius 3 is 2.41 bits per heavy atom. The molecule has 316 valence electrons. The smallest absolute Gasteiger partial charge is 0.410 e. The van der Waals surface area contributed by atoms with Crippen LogP contribution >= 0.6 is 11.8 Å². The lowest BCUT2D eigenvalue weighted by Crippen LogP contribution is -2.70. The largest absolute Gasteiger partial charge is 0.459 e. The van der Waals surface area contributed by atoms with Gasteiger partial charge in [-0.1, -0.05) is 48.4 Å². The zero-order chi connectivity index (χ0) is 41.8. The fourth-order valence-electron chi connectivity index (χ4n) is 9.00. The molecular weight excluding hydrogens is 772 g/mol. The number of carbonyl (C=O) groups excluding carboxylic acids is 1. The molecule has 59 heavy (non-hydrogen) atoms. The highest BCUT2D eigenvalue weighted by Crippen LogP contribution is 2.62. The van der Waals surface area contributed by atoms with Crippen LogP contribution in [0.15, 0.2) is 114 Å². The first-order valence-electron chi connectivity index (χ1n) is 20.5. The summed E-state index contributed by atoms with van der Waals surface area (Å²) in [5.74, 6) is -0.569. The number of benzene rings is 3. The SMILES string of the molecule is C=CCCOC(=O)N(Cc1ccc(F)cc1)C1CC(=NOC)C2=CC(CCCCO)C(CCCCO)C3c4cc(Oc5ccc(SC)cc5)ccc4OC1(OCC=C)C23. The lowest BCUT2D eigenvalue weighted by Gasteiger charge is -2.59. The number of aliphatic hydroxyl groups is 2. The Morgan fingerprint density at radius 2 is 1.73 bits per heavy atom. The molecule has 3 aromatic rings. The number of carbonyl (C=O) groups is 1. The number of hydrogen-bond acceptors (Lipinski definition) is 10. The van der Waals surface area contributed by atoms with Gasteiger partial charge in [0.2, 0.25) is 5.79 Å². The molecule has 6 rings (SSSR count). The van der Waals surface area contributed by atoms with Crippen molar-refractivity contribution in [1.82, 2.24) is 4.90 Å². The summed E-state index contributed by atoms with van der Waals surface area (Å²) < 4.78 is 40.9. The van der Waals surface area contributed by atoms with Gasteiger partial charge in [0.25, 0.3) is 0 Å². The third-order valence-corrected chi connectivity index (χ3v) is 12.3. The van der Waals surface area contributed by atoms with Gasteiger partial charge in [-0.25, -0.2) is 9.18 Å². The Bertz CT molecular complexity index is 1940. The minimum Gasteiger partial charge on any atom is -0.459 e. The molecule has 12 heteroatoms. The Hall–Kier alpha value is -4.62. The highest BCUT2D eigenvalue weighted by atomic mass is 32.2. The van der Waals surface area contributed by atoms with Gasteiger partial charge >= 0.3 is 6.09 Å². The van der Waals surface area contributed by atoms with E-state index in [1.54, 1.807) is 40.9 Å². The van der Waals surface area contributed by atoms with Gasteiger partial charge in [0.15, 0.2) is 0 Å². The molecule has 1 fully saturated rings. The third-order valence-electron chi connectivity index (χ3n) is 11.6. The number of amides is 1. The minimum atomic E-state index is -1.48. The number of thioether (sulfide) groups is 1. The zero-order valence-electron chi connectivity index (χ0n) is 34.1.